The lowest BCUT2D eigenvalue weighted by atomic mass is 10.0. The summed E-state index contributed by atoms with van der Waals surface area (Å²) in [5.41, 5.74) is 2.89. The zero-order valence-corrected chi connectivity index (χ0v) is 15.3. The lowest BCUT2D eigenvalue weighted by Gasteiger charge is -2.33. The smallest absolute Gasteiger partial charge is 0.319 e. The van der Waals surface area contributed by atoms with E-state index in [9.17, 15) is 9.59 Å². The fourth-order valence-corrected chi connectivity index (χ4v) is 3.21. The Morgan fingerprint density at radius 1 is 0.923 bits per heavy atom. The third-order valence-electron chi connectivity index (χ3n) is 4.74. The average molecular weight is 351 g/mol. The molecule has 0 aliphatic carbocycles. The van der Waals surface area contributed by atoms with Crippen LogP contribution in [0.15, 0.2) is 54.6 Å². The molecule has 5 heteroatoms. The molecule has 2 aromatic carbocycles. The number of nitrogens with zero attached hydrogens (tertiary/aromatic N) is 2. The summed E-state index contributed by atoms with van der Waals surface area (Å²) in [5.74, 6) is -0.0537. The molecule has 0 spiro atoms. The van der Waals surface area contributed by atoms with Gasteiger partial charge in [0.25, 0.3) is 5.91 Å². The molecule has 3 rings (SSSR count). The summed E-state index contributed by atoms with van der Waals surface area (Å²) in [6.07, 6.45) is 1.57. The molecule has 1 heterocycles. The Balaban J connectivity index is 1.55. The molecule has 5 nitrogen and oxygen atoms in total. The van der Waals surface area contributed by atoms with Gasteiger partial charge < -0.3 is 15.1 Å². The second-order valence-electron chi connectivity index (χ2n) is 6.86. The molecule has 0 radical (unpaired) electrons. The Morgan fingerprint density at radius 3 is 2.08 bits per heavy atom. The summed E-state index contributed by atoms with van der Waals surface area (Å²) in [7, 11) is 3.52. The average Bonchev–Trinajstić information content (AvgIpc) is 2.68. The standard InChI is InChI=1S/C21H25N3O2/c1-23(2)21(26)24-14-12-19(13-15-24)22-20(25)18-10-8-17(9-11-18)16-6-4-3-5-7-16/h3-11,19H,12-15H2,1-2H3,(H,22,25). The van der Waals surface area contributed by atoms with Gasteiger partial charge in [-0.1, -0.05) is 42.5 Å². The summed E-state index contributed by atoms with van der Waals surface area (Å²) in [4.78, 5) is 27.9. The fraction of sp³-hybridized carbons (Fsp3) is 0.333. The molecule has 1 aliphatic heterocycles. The van der Waals surface area contributed by atoms with E-state index in [1.165, 1.54) is 0 Å². The van der Waals surface area contributed by atoms with Crippen LogP contribution in [0, 0.1) is 0 Å². The van der Waals surface area contributed by atoms with Crippen LogP contribution in [0.25, 0.3) is 11.1 Å². The minimum atomic E-state index is -0.0537. The van der Waals surface area contributed by atoms with E-state index in [4.69, 9.17) is 0 Å². The lowest BCUT2D eigenvalue weighted by Crippen LogP contribution is -2.49. The minimum absolute atomic E-state index is 0.0336. The Morgan fingerprint density at radius 2 is 1.50 bits per heavy atom. The van der Waals surface area contributed by atoms with Crippen LogP contribution in [0.1, 0.15) is 23.2 Å². The molecule has 0 atom stereocenters. The Hall–Kier alpha value is -2.82. The van der Waals surface area contributed by atoms with Crippen molar-refractivity contribution in [1.82, 2.24) is 15.1 Å². The van der Waals surface area contributed by atoms with Gasteiger partial charge in [-0.25, -0.2) is 4.79 Å². The zero-order valence-electron chi connectivity index (χ0n) is 15.3. The van der Waals surface area contributed by atoms with Crippen molar-refractivity contribution in [3.05, 3.63) is 60.2 Å². The van der Waals surface area contributed by atoms with Gasteiger partial charge >= 0.3 is 6.03 Å². The third kappa shape index (κ3) is 4.23. The first kappa shape index (κ1) is 18.0. The second-order valence-corrected chi connectivity index (χ2v) is 6.86. The van der Waals surface area contributed by atoms with Crippen molar-refractivity contribution >= 4 is 11.9 Å². The molecule has 1 N–H and O–H groups in total. The zero-order chi connectivity index (χ0) is 18.5. The number of hydrogen-bond donors (Lipinski definition) is 1. The van der Waals surface area contributed by atoms with Crippen molar-refractivity contribution in [3.8, 4) is 11.1 Å². The molecule has 0 aromatic heterocycles. The SMILES string of the molecule is CN(C)C(=O)N1CCC(NC(=O)c2ccc(-c3ccccc3)cc2)CC1. The number of rotatable bonds is 3. The summed E-state index contributed by atoms with van der Waals surface area (Å²) < 4.78 is 0. The molecular weight excluding hydrogens is 326 g/mol. The van der Waals surface area contributed by atoms with Crippen LogP contribution < -0.4 is 5.32 Å². The van der Waals surface area contributed by atoms with Crippen molar-refractivity contribution in [3.63, 3.8) is 0 Å². The first-order valence-electron chi connectivity index (χ1n) is 8.97. The van der Waals surface area contributed by atoms with Gasteiger partial charge in [-0.15, -0.1) is 0 Å². The van der Waals surface area contributed by atoms with Crippen LogP contribution in [-0.4, -0.2) is 55.0 Å². The number of benzene rings is 2. The molecular formula is C21H25N3O2. The van der Waals surface area contributed by atoms with Crippen molar-refractivity contribution < 1.29 is 9.59 Å². The summed E-state index contributed by atoms with van der Waals surface area (Å²) >= 11 is 0. The van der Waals surface area contributed by atoms with Crippen molar-refractivity contribution in [2.24, 2.45) is 0 Å². The first-order valence-corrected chi connectivity index (χ1v) is 8.97. The molecule has 0 saturated carbocycles. The van der Waals surface area contributed by atoms with E-state index in [0.29, 0.717) is 18.7 Å². The van der Waals surface area contributed by atoms with Gasteiger partial charge in [0.1, 0.15) is 0 Å². The third-order valence-corrected chi connectivity index (χ3v) is 4.74. The number of urea groups is 1. The minimum Gasteiger partial charge on any atom is -0.349 e. The predicted molar refractivity (Wildman–Crippen MR) is 103 cm³/mol. The highest BCUT2D eigenvalue weighted by Crippen LogP contribution is 2.19. The summed E-state index contributed by atoms with van der Waals surface area (Å²) in [6, 6.07) is 17.9. The van der Waals surface area contributed by atoms with Gasteiger partial charge in [0.05, 0.1) is 0 Å². The van der Waals surface area contributed by atoms with Gasteiger partial charge in [0.15, 0.2) is 0 Å². The number of likely N-dealkylation sites (tertiary alicyclic amines) is 1. The van der Waals surface area contributed by atoms with Gasteiger partial charge in [0, 0.05) is 38.8 Å². The highest BCUT2D eigenvalue weighted by molar-refractivity contribution is 5.94. The number of carbonyl (C=O) groups excluding carboxylic acids is 2. The first-order chi connectivity index (χ1) is 12.5. The summed E-state index contributed by atoms with van der Waals surface area (Å²) in [6.45, 7) is 1.35. The predicted octanol–water partition coefficient (Wildman–Crippen LogP) is 3.23. The number of piperidine rings is 1. The number of nitrogens with one attached hydrogen (secondary N) is 1. The number of amides is 3. The molecule has 2 aromatic rings. The van der Waals surface area contributed by atoms with Crippen LogP contribution >= 0.6 is 0 Å². The number of carbonyl (C=O) groups is 2. The van der Waals surface area contributed by atoms with E-state index in [-0.39, 0.29) is 18.0 Å². The van der Waals surface area contributed by atoms with E-state index in [1.54, 1.807) is 19.0 Å². The van der Waals surface area contributed by atoms with Gasteiger partial charge in [-0.3, -0.25) is 4.79 Å². The Kier molecular flexibility index (Phi) is 5.56. The molecule has 1 fully saturated rings. The van der Waals surface area contributed by atoms with Crippen LogP contribution in [0.4, 0.5) is 4.79 Å². The second kappa shape index (κ2) is 8.04. The molecule has 1 saturated heterocycles. The fourth-order valence-electron chi connectivity index (χ4n) is 3.21. The molecule has 0 unspecified atom stereocenters. The van der Waals surface area contributed by atoms with Crippen molar-refractivity contribution in [2.45, 2.75) is 18.9 Å². The molecule has 136 valence electrons. The van der Waals surface area contributed by atoms with E-state index < -0.39 is 0 Å². The van der Waals surface area contributed by atoms with Crippen LogP contribution in [0.5, 0.6) is 0 Å². The highest BCUT2D eigenvalue weighted by Gasteiger charge is 2.24. The topological polar surface area (TPSA) is 52.7 Å². The highest BCUT2D eigenvalue weighted by atomic mass is 16.2. The summed E-state index contributed by atoms with van der Waals surface area (Å²) in [5, 5.41) is 3.09. The van der Waals surface area contributed by atoms with Gasteiger partial charge in [0.2, 0.25) is 0 Å². The van der Waals surface area contributed by atoms with E-state index in [2.05, 4.69) is 17.4 Å². The molecule has 0 bridgehead atoms. The molecule has 1 aliphatic rings. The van der Waals surface area contributed by atoms with E-state index in [0.717, 1.165) is 24.0 Å². The van der Waals surface area contributed by atoms with Gasteiger partial charge in [-0.05, 0) is 36.1 Å². The van der Waals surface area contributed by atoms with Crippen molar-refractivity contribution in [1.29, 1.82) is 0 Å². The monoisotopic (exact) mass is 351 g/mol. The quantitative estimate of drug-likeness (QED) is 0.923. The van der Waals surface area contributed by atoms with E-state index >= 15 is 0 Å². The Labute approximate surface area is 154 Å². The maximum Gasteiger partial charge on any atom is 0.319 e. The number of hydrogen-bond acceptors (Lipinski definition) is 2. The largest absolute Gasteiger partial charge is 0.349 e. The molecule has 3 amide bonds. The van der Waals surface area contributed by atoms with Crippen LogP contribution in [-0.2, 0) is 0 Å². The van der Waals surface area contributed by atoms with Crippen LogP contribution in [0.2, 0.25) is 0 Å². The normalized spacial score (nSPS) is 14.8. The van der Waals surface area contributed by atoms with Gasteiger partial charge in [-0.2, -0.15) is 0 Å². The van der Waals surface area contributed by atoms with E-state index in [1.807, 2.05) is 47.4 Å². The maximum absolute atomic E-state index is 12.5. The van der Waals surface area contributed by atoms with Crippen LogP contribution in [0.3, 0.4) is 0 Å². The maximum atomic E-state index is 12.5. The lowest BCUT2D eigenvalue weighted by molar-refractivity contribution is 0.0914. The molecule has 26 heavy (non-hydrogen) atoms. The Bertz CT molecular complexity index is 749. The van der Waals surface area contributed by atoms with Crippen molar-refractivity contribution in [2.75, 3.05) is 27.2 Å².